The molecule has 108 valence electrons. The molecule has 3 saturated carbocycles. The summed E-state index contributed by atoms with van der Waals surface area (Å²) in [5, 5.41) is 4.65. The molecule has 1 aromatic carbocycles. The Kier molecular flexibility index (Phi) is 3.60. The molecule has 0 heterocycles. The molecule has 3 aliphatic carbocycles. The van der Waals surface area contributed by atoms with Gasteiger partial charge in [0.25, 0.3) is 0 Å². The third-order valence-electron chi connectivity index (χ3n) is 5.99. The van der Waals surface area contributed by atoms with Gasteiger partial charge in [-0.15, -0.1) is 0 Å². The van der Waals surface area contributed by atoms with Crippen LogP contribution in [0.15, 0.2) is 22.7 Å². The summed E-state index contributed by atoms with van der Waals surface area (Å²) in [6.45, 7) is 0.937. The van der Waals surface area contributed by atoms with Crippen LogP contribution in [0.2, 0.25) is 5.02 Å². The van der Waals surface area contributed by atoms with Gasteiger partial charge in [-0.3, -0.25) is 0 Å². The SMILES string of the molecule is Clc1ccc(Br)c(CNC2CC3CC2C2CCCC32)c1. The maximum atomic E-state index is 6.10. The summed E-state index contributed by atoms with van der Waals surface area (Å²) in [6, 6.07) is 6.80. The van der Waals surface area contributed by atoms with E-state index in [0.717, 1.165) is 45.8 Å². The minimum atomic E-state index is 0.741. The van der Waals surface area contributed by atoms with Gasteiger partial charge in [0.1, 0.15) is 0 Å². The predicted octanol–water partition coefficient (Wildman–Crippen LogP) is 5.02. The van der Waals surface area contributed by atoms with Crippen molar-refractivity contribution < 1.29 is 0 Å². The average Bonchev–Trinajstić information content (AvgIpc) is 3.10. The van der Waals surface area contributed by atoms with Crippen molar-refractivity contribution in [3.8, 4) is 0 Å². The number of fused-ring (bicyclic) bond motifs is 5. The quantitative estimate of drug-likeness (QED) is 0.804. The minimum absolute atomic E-state index is 0.741. The van der Waals surface area contributed by atoms with Crippen LogP contribution in [-0.2, 0) is 6.54 Å². The molecule has 20 heavy (non-hydrogen) atoms. The van der Waals surface area contributed by atoms with Crippen molar-refractivity contribution in [2.24, 2.45) is 23.7 Å². The molecule has 0 radical (unpaired) electrons. The molecule has 4 rings (SSSR count). The van der Waals surface area contributed by atoms with Crippen LogP contribution in [0.3, 0.4) is 0 Å². The fourth-order valence-electron chi connectivity index (χ4n) is 5.22. The second-order valence-corrected chi connectivity index (χ2v) is 8.17. The van der Waals surface area contributed by atoms with Gasteiger partial charge in [-0.2, -0.15) is 0 Å². The van der Waals surface area contributed by atoms with E-state index in [9.17, 15) is 0 Å². The standard InChI is InChI=1S/C17H21BrClN/c18-16-5-4-12(19)6-11(16)9-20-17-8-10-7-15(17)14-3-1-2-13(10)14/h4-6,10,13-15,17,20H,1-3,7-9H2. The summed E-state index contributed by atoms with van der Waals surface area (Å²) in [5.74, 6) is 4.09. The normalized spacial score (nSPS) is 38.4. The molecule has 5 atom stereocenters. The Balaban J connectivity index is 1.42. The van der Waals surface area contributed by atoms with E-state index in [4.69, 9.17) is 11.6 Å². The van der Waals surface area contributed by atoms with Crippen LogP contribution < -0.4 is 5.32 Å². The van der Waals surface area contributed by atoms with Crippen molar-refractivity contribution in [2.45, 2.75) is 44.7 Å². The Morgan fingerprint density at radius 2 is 2.00 bits per heavy atom. The Hall–Kier alpha value is -0.0500. The van der Waals surface area contributed by atoms with Crippen molar-refractivity contribution >= 4 is 27.5 Å². The van der Waals surface area contributed by atoms with E-state index in [-0.39, 0.29) is 0 Å². The summed E-state index contributed by atoms with van der Waals surface area (Å²) in [6.07, 6.45) is 7.38. The molecule has 3 fully saturated rings. The van der Waals surface area contributed by atoms with Gasteiger partial charge in [0, 0.05) is 22.1 Å². The maximum Gasteiger partial charge on any atom is 0.0410 e. The Morgan fingerprint density at radius 3 is 2.90 bits per heavy atom. The van der Waals surface area contributed by atoms with E-state index in [1.807, 2.05) is 12.1 Å². The maximum absolute atomic E-state index is 6.10. The van der Waals surface area contributed by atoms with Gasteiger partial charge in [-0.25, -0.2) is 0 Å². The average molecular weight is 355 g/mol. The zero-order valence-corrected chi connectivity index (χ0v) is 14.0. The molecule has 0 saturated heterocycles. The fourth-order valence-corrected chi connectivity index (χ4v) is 5.80. The van der Waals surface area contributed by atoms with Crippen LogP contribution in [0.4, 0.5) is 0 Å². The van der Waals surface area contributed by atoms with E-state index in [2.05, 4.69) is 27.3 Å². The summed E-state index contributed by atoms with van der Waals surface area (Å²) in [4.78, 5) is 0. The van der Waals surface area contributed by atoms with Crippen LogP contribution in [0.1, 0.15) is 37.7 Å². The molecule has 1 aromatic rings. The molecule has 2 bridgehead atoms. The second-order valence-electron chi connectivity index (χ2n) is 6.88. The molecule has 0 aromatic heterocycles. The van der Waals surface area contributed by atoms with Gasteiger partial charge in [0.15, 0.2) is 0 Å². The number of hydrogen-bond acceptors (Lipinski definition) is 1. The molecular formula is C17H21BrClN. The Labute approximate surface area is 134 Å². The van der Waals surface area contributed by atoms with Gasteiger partial charge in [-0.1, -0.05) is 34.0 Å². The molecule has 1 N–H and O–H groups in total. The monoisotopic (exact) mass is 353 g/mol. The van der Waals surface area contributed by atoms with Crippen LogP contribution in [0.5, 0.6) is 0 Å². The van der Waals surface area contributed by atoms with E-state index in [1.54, 1.807) is 0 Å². The van der Waals surface area contributed by atoms with E-state index in [1.165, 1.54) is 37.7 Å². The van der Waals surface area contributed by atoms with Crippen molar-refractivity contribution in [3.05, 3.63) is 33.3 Å². The summed E-state index contributed by atoms with van der Waals surface area (Å²) in [7, 11) is 0. The van der Waals surface area contributed by atoms with Crippen molar-refractivity contribution in [1.29, 1.82) is 0 Å². The Bertz CT molecular complexity index is 518. The van der Waals surface area contributed by atoms with Crippen LogP contribution >= 0.6 is 27.5 Å². The zero-order valence-electron chi connectivity index (χ0n) is 11.6. The van der Waals surface area contributed by atoms with Gasteiger partial charge in [0.05, 0.1) is 0 Å². The topological polar surface area (TPSA) is 12.0 Å². The van der Waals surface area contributed by atoms with Crippen LogP contribution in [-0.4, -0.2) is 6.04 Å². The predicted molar refractivity (Wildman–Crippen MR) is 86.8 cm³/mol. The van der Waals surface area contributed by atoms with Crippen molar-refractivity contribution in [1.82, 2.24) is 5.32 Å². The molecule has 5 unspecified atom stereocenters. The van der Waals surface area contributed by atoms with Crippen molar-refractivity contribution in [3.63, 3.8) is 0 Å². The lowest BCUT2D eigenvalue weighted by Crippen LogP contribution is -2.38. The lowest BCUT2D eigenvalue weighted by Gasteiger charge is -2.32. The third kappa shape index (κ3) is 2.24. The summed E-state index contributed by atoms with van der Waals surface area (Å²) in [5.41, 5.74) is 1.28. The van der Waals surface area contributed by atoms with Crippen LogP contribution in [0.25, 0.3) is 0 Å². The first-order chi connectivity index (χ1) is 9.72. The van der Waals surface area contributed by atoms with Gasteiger partial charge < -0.3 is 5.32 Å². The highest BCUT2D eigenvalue weighted by Gasteiger charge is 2.53. The molecule has 1 nitrogen and oxygen atoms in total. The molecule has 0 spiro atoms. The number of rotatable bonds is 3. The van der Waals surface area contributed by atoms with Gasteiger partial charge in [0.2, 0.25) is 0 Å². The van der Waals surface area contributed by atoms with E-state index >= 15 is 0 Å². The summed E-state index contributed by atoms with van der Waals surface area (Å²) >= 11 is 9.73. The highest BCUT2D eigenvalue weighted by Crippen LogP contribution is 2.58. The number of nitrogens with one attached hydrogen (secondary N) is 1. The number of benzene rings is 1. The molecular weight excluding hydrogens is 334 g/mol. The fraction of sp³-hybridized carbons (Fsp3) is 0.647. The second kappa shape index (κ2) is 5.30. The van der Waals surface area contributed by atoms with E-state index < -0.39 is 0 Å². The number of halogens is 2. The highest BCUT2D eigenvalue weighted by atomic mass is 79.9. The Morgan fingerprint density at radius 1 is 1.15 bits per heavy atom. The smallest absolute Gasteiger partial charge is 0.0410 e. The van der Waals surface area contributed by atoms with Crippen LogP contribution in [0, 0.1) is 23.7 Å². The summed E-state index contributed by atoms with van der Waals surface area (Å²) < 4.78 is 1.16. The first-order valence-corrected chi connectivity index (χ1v) is 9.07. The minimum Gasteiger partial charge on any atom is -0.310 e. The largest absolute Gasteiger partial charge is 0.310 e. The highest BCUT2D eigenvalue weighted by molar-refractivity contribution is 9.10. The lowest BCUT2D eigenvalue weighted by atomic mass is 9.79. The first kappa shape index (κ1) is 13.6. The number of hydrogen-bond donors (Lipinski definition) is 1. The first-order valence-electron chi connectivity index (χ1n) is 7.89. The van der Waals surface area contributed by atoms with E-state index in [0.29, 0.717) is 0 Å². The van der Waals surface area contributed by atoms with Gasteiger partial charge in [-0.05, 0) is 73.1 Å². The molecule has 0 amide bonds. The molecule has 3 aliphatic rings. The van der Waals surface area contributed by atoms with Gasteiger partial charge >= 0.3 is 0 Å². The lowest BCUT2D eigenvalue weighted by molar-refractivity contribution is 0.208. The zero-order chi connectivity index (χ0) is 13.7. The molecule has 3 heteroatoms. The molecule has 0 aliphatic heterocycles. The van der Waals surface area contributed by atoms with Crippen molar-refractivity contribution in [2.75, 3.05) is 0 Å². The third-order valence-corrected chi connectivity index (χ3v) is 7.00.